The lowest BCUT2D eigenvalue weighted by molar-refractivity contribution is 0.482. The van der Waals surface area contributed by atoms with E-state index in [4.69, 9.17) is 4.55 Å². The highest BCUT2D eigenvalue weighted by Gasteiger charge is 2.20. The van der Waals surface area contributed by atoms with Crippen LogP contribution in [-0.4, -0.2) is 13.0 Å². The second kappa shape index (κ2) is 3.92. The molecule has 0 radical (unpaired) electrons. The van der Waals surface area contributed by atoms with Crippen molar-refractivity contribution in [3.8, 4) is 0 Å². The molecule has 0 aromatic heterocycles. The van der Waals surface area contributed by atoms with Crippen molar-refractivity contribution in [2.75, 3.05) is 0 Å². The first kappa shape index (κ1) is 12.2. The molecule has 1 aromatic rings. The van der Waals surface area contributed by atoms with E-state index in [1.165, 1.54) is 0 Å². The van der Waals surface area contributed by atoms with Crippen LogP contribution in [0.5, 0.6) is 0 Å². The summed E-state index contributed by atoms with van der Waals surface area (Å²) >= 11 is 6.44. The zero-order valence-corrected chi connectivity index (χ0v) is 11.5. The normalized spacial score (nSPS) is 11.8. The van der Waals surface area contributed by atoms with Gasteiger partial charge in [0.05, 0.1) is 0 Å². The van der Waals surface area contributed by atoms with E-state index in [2.05, 4.69) is 31.9 Å². The number of benzene rings is 1. The molecule has 0 aliphatic heterocycles. The Balaban J connectivity index is 3.70. The predicted octanol–water partition coefficient (Wildman–Crippen LogP) is 3.08. The van der Waals surface area contributed by atoms with Crippen LogP contribution in [0.15, 0.2) is 19.9 Å². The molecule has 14 heavy (non-hydrogen) atoms. The third-order valence-corrected chi connectivity index (χ3v) is 4.97. The van der Waals surface area contributed by atoms with Crippen LogP contribution in [0.4, 0.5) is 0 Å². The molecule has 0 spiro atoms. The molecule has 0 atom stereocenters. The Kier molecular flexibility index (Phi) is 3.41. The van der Waals surface area contributed by atoms with Gasteiger partial charge in [0.1, 0.15) is 4.90 Å². The zero-order valence-electron chi connectivity index (χ0n) is 7.51. The fourth-order valence-electron chi connectivity index (χ4n) is 1.13. The summed E-state index contributed by atoms with van der Waals surface area (Å²) in [4.78, 5) is -0.0711. The van der Waals surface area contributed by atoms with Gasteiger partial charge in [0.25, 0.3) is 10.1 Å². The maximum atomic E-state index is 11.0. The minimum absolute atomic E-state index is 0.0711. The van der Waals surface area contributed by atoms with Crippen LogP contribution in [0.1, 0.15) is 11.1 Å². The van der Waals surface area contributed by atoms with Gasteiger partial charge in [-0.3, -0.25) is 4.55 Å². The fourth-order valence-corrected chi connectivity index (χ4v) is 3.92. The van der Waals surface area contributed by atoms with Gasteiger partial charge in [0.15, 0.2) is 0 Å². The molecule has 1 aromatic carbocycles. The van der Waals surface area contributed by atoms with Crippen molar-refractivity contribution in [1.82, 2.24) is 0 Å². The van der Waals surface area contributed by atoms with E-state index in [1.54, 1.807) is 19.9 Å². The number of hydrogen-bond donors (Lipinski definition) is 1. The molecule has 1 rings (SSSR count). The zero-order chi connectivity index (χ0) is 11.1. The van der Waals surface area contributed by atoms with Gasteiger partial charge >= 0.3 is 0 Å². The van der Waals surface area contributed by atoms with Gasteiger partial charge in [-0.25, -0.2) is 0 Å². The van der Waals surface area contributed by atoms with E-state index in [-0.39, 0.29) is 4.90 Å². The van der Waals surface area contributed by atoms with Crippen LogP contribution < -0.4 is 0 Å². The molecule has 0 bridgehead atoms. The molecule has 0 aliphatic carbocycles. The number of rotatable bonds is 1. The number of hydrogen-bond acceptors (Lipinski definition) is 2. The van der Waals surface area contributed by atoms with E-state index < -0.39 is 10.1 Å². The van der Waals surface area contributed by atoms with Crippen molar-refractivity contribution in [3.05, 3.63) is 26.1 Å². The molecular formula is C8H8Br2O3S. The van der Waals surface area contributed by atoms with Crippen molar-refractivity contribution >= 4 is 42.0 Å². The first-order valence-electron chi connectivity index (χ1n) is 3.68. The van der Waals surface area contributed by atoms with E-state index in [0.29, 0.717) is 10.0 Å². The molecule has 6 heteroatoms. The minimum Gasteiger partial charge on any atom is -0.282 e. The Morgan fingerprint density at radius 3 is 2.21 bits per heavy atom. The predicted molar refractivity (Wildman–Crippen MR) is 61.1 cm³/mol. The summed E-state index contributed by atoms with van der Waals surface area (Å²) in [5.74, 6) is 0. The summed E-state index contributed by atoms with van der Waals surface area (Å²) in [6.45, 7) is 3.38. The molecular weight excluding hydrogens is 336 g/mol. The summed E-state index contributed by atoms with van der Waals surface area (Å²) in [6.07, 6.45) is 0. The van der Waals surface area contributed by atoms with Crippen molar-refractivity contribution < 1.29 is 13.0 Å². The average molecular weight is 344 g/mol. The Bertz CT molecular complexity index is 480. The van der Waals surface area contributed by atoms with Gasteiger partial charge < -0.3 is 0 Å². The standard InChI is InChI=1S/C8H8Br2O3S/c1-4-3-6(9)5(2)7(10)8(4)14(11,12)13/h3H,1-2H3,(H,11,12,13). The lowest BCUT2D eigenvalue weighted by Crippen LogP contribution is -2.03. The van der Waals surface area contributed by atoms with Gasteiger partial charge in [-0.2, -0.15) is 8.42 Å². The summed E-state index contributed by atoms with van der Waals surface area (Å²) in [6, 6.07) is 1.66. The minimum atomic E-state index is -4.17. The monoisotopic (exact) mass is 342 g/mol. The van der Waals surface area contributed by atoms with Gasteiger partial charge in [-0.1, -0.05) is 15.9 Å². The van der Waals surface area contributed by atoms with Crippen LogP contribution in [0.25, 0.3) is 0 Å². The Morgan fingerprint density at radius 1 is 1.29 bits per heavy atom. The highest BCUT2D eigenvalue weighted by atomic mass is 79.9. The van der Waals surface area contributed by atoms with E-state index in [1.807, 2.05) is 0 Å². The third kappa shape index (κ3) is 2.18. The Labute approximate surface area is 99.5 Å². The molecule has 0 unspecified atom stereocenters. The lowest BCUT2D eigenvalue weighted by atomic mass is 10.2. The second-order valence-corrected chi connectivity index (χ2v) is 5.92. The van der Waals surface area contributed by atoms with Crippen molar-refractivity contribution in [2.24, 2.45) is 0 Å². The van der Waals surface area contributed by atoms with Crippen molar-refractivity contribution in [3.63, 3.8) is 0 Å². The maximum absolute atomic E-state index is 11.0. The molecule has 0 aliphatic rings. The summed E-state index contributed by atoms with van der Waals surface area (Å²) in [5, 5.41) is 0. The van der Waals surface area contributed by atoms with Crippen LogP contribution in [-0.2, 0) is 10.1 Å². The van der Waals surface area contributed by atoms with Gasteiger partial charge in [0.2, 0.25) is 0 Å². The second-order valence-electron chi connectivity index (χ2n) is 2.92. The summed E-state index contributed by atoms with van der Waals surface area (Å²) in [7, 11) is -4.17. The number of halogens is 2. The third-order valence-electron chi connectivity index (χ3n) is 1.85. The smallest absolute Gasteiger partial charge is 0.282 e. The molecule has 78 valence electrons. The van der Waals surface area contributed by atoms with E-state index in [0.717, 1.165) is 10.0 Å². The van der Waals surface area contributed by atoms with E-state index in [9.17, 15) is 8.42 Å². The molecule has 0 saturated carbocycles. The highest BCUT2D eigenvalue weighted by molar-refractivity contribution is 9.11. The first-order chi connectivity index (χ1) is 6.25. The topological polar surface area (TPSA) is 54.4 Å². The molecule has 3 nitrogen and oxygen atoms in total. The van der Waals surface area contributed by atoms with Crippen LogP contribution in [0, 0.1) is 13.8 Å². The SMILES string of the molecule is Cc1cc(Br)c(C)c(Br)c1S(=O)(=O)O. The molecule has 0 amide bonds. The quantitative estimate of drug-likeness (QED) is 0.797. The van der Waals surface area contributed by atoms with E-state index >= 15 is 0 Å². The highest BCUT2D eigenvalue weighted by Crippen LogP contribution is 2.33. The summed E-state index contributed by atoms with van der Waals surface area (Å²) < 4.78 is 32.3. The largest absolute Gasteiger partial charge is 0.295 e. The van der Waals surface area contributed by atoms with Gasteiger partial charge in [-0.15, -0.1) is 0 Å². The fraction of sp³-hybridized carbons (Fsp3) is 0.250. The van der Waals surface area contributed by atoms with Gasteiger partial charge in [-0.05, 0) is 47.0 Å². The lowest BCUT2D eigenvalue weighted by Gasteiger charge is -2.09. The molecule has 0 fully saturated rings. The van der Waals surface area contributed by atoms with Crippen LogP contribution in [0.2, 0.25) is 0 Å². The summed E-state index contributed by atoms with van der Waals surface area (Å²) in [5.41, 5.74) is 1.24. The van der Waals surface area contributed by atoms with Crippen molar-refractivity contribution in [1.29, 1.82) is 0 Å². The Hall–Kier alpha value is 0.0900. The van der Waals surface area contributed by atoms with Gasteiger partial charge in [0, 0.05) is 8.95 Å². The Morgan fingerprint density at radius 2 is 1.79 bits per heavy atom. The van der Waals surface area contributed by atoms with Crippen LogP contribution in [0.3, 0.4) is 0 Å². The molecule has 1 N–H and O–H groups in total. The first-order valence-corrected chi connectivity index (χ1v) is 6.70. The maximum Gasteiger partial charge on any atom is 0.295 e. The molecule has 0 saturated heterocycles. The molecule has 0 heterocycles. The van der Waals surface area contributed by atoms with Crippen molar-refractivity contribution in [2.45, 2.75) is 18.7 Å². The van der Waals surface area contributed by atoms with Crippen LogP contribution >= 0.6 is 31.9 Å². The number of aryl methyl sites for hydroxylation is 1. The average Bonchev–Trinajstić information content (AvgIpc) is 1.97.